The van der Waals surface area contributed by atoms with Crippen molar-refractivity contribution in [1.29, 1.82) is 0 Å². The van der Waals surface area contributed by atoms with Gasteiger partial charge in [-0.05, 0) is 32.9 Å². The fourth-order valence-corrected chi connectivity index (χ4v) is 1.68. The topological polar surface area (TPSA) is 94.3 Å². The molecule has 0 unspecified atom stereocenters. The lowest BCUT2D eigenvalue weighted by molar-refractivity contribution is 0.0966. The van der Waals surface area contributed by atoms with Gasteiger partial charge in [0.1, 0.15) is 0 Å². The van der Waals surface area contributed by atoms with E-state index in [-0.39, 0.29) is 39.6 Å². The number of hydrogen-bond donors (Lipinski definition) is 1. The summed E-state index contributed by atoms with van der Waals surface area (Å²) < 4.78 is 0. The van der Waals surface area contributed by atoms with Crippen molar-refractivity contribution in [2.75, 3.05) is 0 Å². The Morgan fingerprint density at radius 1 is 0.722 bits per heavy atom. The third kappa shape index (κ3) is 2.51. The Balaban J connectivity index is 3.71. The summed E-state index contributed by atoms with van der Waals surface area (Å²) in [5.74, 6) is -1.91. The molecule has 0 aromatic heterocycles. The van der Waals surface area contributed by atoms with Gasteiger partial charge >= 0.3 is 0 Å². The number of hydrogen-bond acceptors (Lipinski definition) is 4. The lowest BCUT2D eigenvalue weighted by Gasteiger charge is -2.09. The van der Waals surface area contributed by atoms with Crippen molar-refractivity contribution in [3.05, 3.63) is 34.4 Å². The van der Waals surface area contributed by atoms with E-state index in [2.05, 4.69) is 0 Å². The third-order valence-corrected chi connectivity index (χ3v) is 2.56. The van der Waals surface area contributed by atoms with Gasteiger partial charge in [0.15, 0.2) is 17.3 Å². The number of Topliss-reactive ketones (excluding diaryl/α,β-unsaturated/α-hetero) is 3. The molecular weight excluding hydrogens is 234 g/mol. The number of primary amides is 1. The summed E-state index contributed by atoms with van der Waals surface area (Å²) in [6.45, 7) is 3.83. The molecule has 94 valence electrons. The first kappa shape index (κ1) is 13.8. The monoisotopic (exact) mass is 247 g/mol. The van der Waals surface area contributed by atoms with Gasteiger partial charge in [0, 0.05) is 16.7 Å². The first-order valence-corrected chi connectivity index (χ1v) is 5.26. The Bertz CT molecular complexity index is 474. The second-order valence-electron chi connectivity index (χ2n) is 3.98. The maximum atomic E-state index is 11.4. The van der Waals surface area contributed by atoms with E-state index in [9.17, 15) is 19.2 Å². The van der Waals surface area contributed by atoms with E-state index in [4.69, 9.17) is 5.73 Å². The average Bonchev–Trinajstić information content (AvgIpc) is 2.26. The number of benzene rings is 1. The molecule has 0 aliphatic carbocycles. The molecule has 0 saturated carbocycles. The zero-order chi connectivity index (χ0) is 14.0. The Labute approximate surface area is 104 Å². The summed E-state index contributed by atoms with van der Waals surface area (Å²) in [6.07, 6.45) is 0. The van der Waals surface area contributed by atoms with Crippen molar-refractivity contribution < 1.29 is 19.2 Å². The summed E-state index contributed by atoms with van der Waals surface area (Å²) in [4.78, 5) is 45.6. The first-order chi connectivity index (χ1) is 8.25. The van der Waals surface area contributed by atoms with Crippen LogP contribution in [0.3, 0.4) is 0 Å². The molecule has 0 fully saturated rings. The van der Waals surface area contributed by atoms with Crippen LogP contribution in [0.4, 0.5) is 0 Å². The van der Waals surface area contributed by atoms with Crippen molar-refractivity contribution in [1.82, 2.24) is 0 Å². The highest BCUT2D eigenvalue weighted by Gasteiger charge is 2.20. The molecule has 0 spiro atoms. The first-order valence-electron chi connectivity index (χ1n) is 5.26. The minimum Gasteiger partial charge on any atom is -0.366 e. The standard InChI is InChI=1S/C13H13NO4/c1-6(15)9-4-11(8(3)17)12(13(14)18)5-10(9)7(2)16/h4-5H,1-3H3,(H2,14,18). The number of carbonyl (C=O) groups excluding carboxylic acids is 4. The SMILES string of the molecule is CC(=O)c1cc(C(C)=O)c(C(N)=O)cc1C(C)=O. The van der Waals surface area contributed by atoms with Crippen LogP contribution in [0.1, 0.15) is 62.2 Å². The molecule has 0 saturated heterocycles. The fourth-order valence-electron chi connectivity index (χ4n) is 1.68. The highest BCUT2D eigenvalue weighted by molar-refractivity contribution is 6.13. The van der Waals surface area contributed by atoms with Crippen LogP contribution in [0.5, 0.6) is 0 Å². The molecule has 0 bridgehead atoms. The van der Waals surface area contributed by atoms with E-state index in [1.165, 1.54) is 32.9 Å². The Morgan fingerprint density at radius 2 is 1.00 bits per heavy atom. The largest absolute Gasteiger partial charge is 0.366 e. The van der Waals surface area contributed by atoms with Gasteiger partial charge in [-0.15, -0.1) is 0 Å². The third-order valence-electron chi connectivity index (χ3n) is 2.56. The molecule has 1 aromatic rings. The lowest BCUT2D eigenvalue weighted by atomic mass is 9.92. The molecule has 0 heterocycles. The number of rotatable bonds is 4. The van der Waals surface area contributed by atoms with Gasteiger partial charge in [-0.2, -0.15) is 0 Å². The average molecular weight is 247 g/mol. The van der Waals surface area contributed by atoms with Gasteiger partial charge in [0.05, 0.1) is 5.56 Å². The summed E-state index contributed by atoms with van der Waals surface area (Å²) in [5.41, 5.74) is 5.39. The zero-order valence-corrected chi connectivity index (χ0v) is 10.4. The summed E-state index contributed by atoms with van der Waals surface area (Å²) in [7, 11) is 0. The second-order valence-corrected chi connectivity index (χ2v) is 3.98. The normalized spacial score (nSPS) is 9.94. The minimum absolute atomic E-state index is 0.0438. The van der Waals surface area contributed by atoms with Crippen molar-refractivity contribution in [3.63, 3.8) is 0 Å². The van der Waals surface area contributed by atoms with E-state index in [0.29, 0.717) is 0 Å². The number of carbonyl (C=O) groups is 4. The molecule has 5 nitrogen and oxygen atoms in total. The highest BCUT2D eigenvalue weighted by Crippen LogP contribution is 2.19. The van der Waals surface area contributed by atoms with Crippen LogP contribution in [0.15, 0.2) is 12.1 Å². The molecule has 1 rings (SSSR count). The molecular formula is C13H13NO4. The van der Waals surface area contributed by atoms with Crippen LogP contribution in [-0.2, 0) is 0 Å². The van der Waals surface area contributed by atoms with Crippen LogP contribution in [-0.4, -0.2) is 23.3 Å². The van der Waals surface area contributed by atoms with Crippen molar-refractivity contribution >= 4 is 23.3 Å². The minimum atomic E-state index is -0.808. The van der Waals surface area contributed by atoms with E-state index in [0.717, 1.165) is 0 Å². The molecule has 0 aliphatic rings. The molecule has 5 heteroatoms. The maximum Gasteiger partial charge on any atom is 0.249 e. The second kappa shape index (κ2) is 4.91. The van der Waals surface area contributed by atoms with E-state index < -0.39 is 5.91 Å². The fraction of sp³-hybridized carbons (Fsp3) is 0.231. The Morgan fingerprint density at radius 3 is 1.28 bits per heavy atom. The van der Waals surface area contributed by atoms with Crippen molar-refractivity contribution in [2.24, 2.45) is 5.73 Å². The van der Waals surface area contributed by atoms with Gasteiger partial charge in [-0.1, -0.05) is 0 Å². The predicted molar refractivity (Wildman–Crippen MR) is 65.0 cm³/mol. The van der Waals surface area contributed by atoms with E-state index >= 15 is 0 Å². The van der Waals surface area contributed by atoms with Gasteiger partial charge in [0.25, 0.3) is 0 Å². The molecule has 0 aliphatic heterocycles. The highest BCUT2D eigenvalue weighted by atomic mass is 16.1. The molecule has 0 radical (unpaired) electrons. The predicted octanol–water partition coefficient (Wildman–Crippen LogP) is 1.39. The lowest BCUT2D eigenvalue weighted by Crippen LogP contribution is -2.18. The molecule has 1 aromatic carbocycles. The van der Waals surface area contributed by atoms with Crippen molar-refractivity contribution in [3.8, 4) is 0 Å². The molecule has 2 N–H and O–H groups in total. The molecule has 1 amide bonds. The molecule has 18 heavy (non-hydrogen) atoms. The van der Waals surface area contributed by atoms with Crippen LogP contribution >= 0.6 is 0 Å². The summed E-state index contributed by atoms with van der Waals surface area (Å²) in [6, 6.07) is 2.46. The quantitative estimate of drug-likeness (QED) is 0.813. The van der Waals surface area contributed by atoms with E-state index in [1.54, 1.807) is 0 Å². The van der Waals surface area contributed by atoms with Crippen LogP contribution in [0.25, 0.3) is 0 Å². The number of nitrogens with two attached hydrogens (primary N) is 1. The summed E-state index contributed by atoms with van der Waals surface area (Å²) in [5, 5.41) is 0. The van der Waals surface area contributed by atoms with Crippen molar-refractivity contribution in [2.45, 2.75) is 20.8 Å². The van der Waals surface area contributed by atoms with Crippen LogP contribution in [0, 0.1) is 0 Å². The van der Waals surface area contributed by atoms with Gasteiger partial charge in [-0.3, -0.25) is 19.2 Å². The Kier molecular flexibility index (Phi) is 3.76. The van der Waals surface area contributed by atoms with Gasteiger partial charge < -0.3 is 5.73 Å². The van der Waals surface area contributed by atoms with E-state index in [1.807, 2.05) is 0 Å². The van der Waals surface area contributed by atoms with Gasteiger partial charge in [-0.25, -0.2) is 0 Å². The maximum absolute atomic E-state index is 11.4. The summed E-state index contributed by atoms with van der Waals surface area (Å²) >= 11 is 0. The smallest absolute Gasteiger partial charge is 0.249 e. The van der Waals surface area contributed by atoms with Gasteiger partial charge in [0.2, 0.25) is 5.91 Å². The van der Waals surface area contributed by atoms with Crippen LogP contribution < -0.4 is 5.73 Å². The van der Waals surface area contributed by atoms with Crippen LogP contribution in [0.2, 0.25) is 0 Å². The number of amides is 1. The zero-order valence-electron chi connectivity index (χ0n) is 10.4. The Hall–Kier alpha value is -2.30. The number of ketones is 3. The molecule has 0 atom stereocenters.